The van der Waals surface area contributed by atoms with Crippen LogP contribution >= 0.6 is 0 Å². The molecular formula is C15H15N3O5. The van der Waals surface area contributed by atoms with Gasteiger partial charge in [-0.05, 0) is 17.7 Å². The first-order valence-corrected chi connectivity index (χ1v) is 6.64. The van der Waals surface area contributed by atoms with Gasteiger partial charge in [-0.3, -0.25) is 4.79 Å². The summed E-state index contributed by atoms with van der Waals surface area (Å²) >= 11 is 0. The number of benzene rings is 1. The monoisotopic (exact) mass is 317 g/mol. The lowest BCUT2D eigenvalue weighted by Gasteiger charge is -2.09. The van der Waals surface area contributed by atoms with Gasteiger partial charge in [0.1, 0.15) is 5.70 Å². The van der Waals surface area contributed by atoms with Gasteiger partial charge in [0, 0.05) is 5.69 Å². The highest BCUT2D eigenvalue weighted by molar-refractivity contribution is 6.13. The van der Waals surface area contributed by atoms with E-state index in [0.717, 1.165) is 11.6 Å². The molecule has 0 unspecified atom stereocenters. The van der Waals surface area contributed by atoms with Crippen molar-refractivity contribution in [3.05, 3.63) is 41.6 Å². The molecule has 0 spiro atoms. The minimum absolute atomic E-state index is 0.0536. The van der Waals surface area contributed by atoms with Gasteiger partial charge in [0.25, 0.3) is 0 Å². The summed E-state index contributed by atoms with van der Waals surface area (Å²) in [5, 5.41) is 6.70. The molecule has 0 radical (unpaired) electrons. The molecule has 2 rings (SSSR count). The third kappa shape index (κ3) is 4.16. The molecule has 120 valence electrons. The van der Waals surface area contributed by atoms with Gasteiger partial charge in [-0.1, -0.05) is 12.1 Å². The van der Waals surface area contributed by atoms with Gasteiger partial charge in [0.2, 0.25) is 5.91 Å². The Labute approximate surface area is 132 Å². The van der Waals surface area contributed by atoms with E-state index in [1.165, 1.54) is 14.2 Å². The highest BCUT2D eigenvalue weighted by Gasteiger charge is 2.16. The highest BCUT2D eigenvalue weighted by atomic mass is 16.5. The fraction of sp³-hybridized carbons (Fsp3) is 0.200. The highest BCUT2D eigenvalue weighted by Crippen LogP contribution is 2.15. The van der Waals surface area contributed by atoms with Crippen molar-refractivity contribution >= 4 is 29.2 Å². The van der Waals surface area contributed by atoms with Crippen molar-refractivity contribution < 1.29 is 23.9 Å². The van der Waals surface area contributed by atoms with Gasteiger partial charge in [0.05, 0.1) is 32.4 Å². The molecule has 0 aliphatic carbocycles. The number of carbonyl (C=O) groups excluding carboxylic acids is 3. The molecule has 0 atom stereocenters. The fourth-order valence-corrected chi connectivity index (χ4v) is 1.86. The number of hydrazone groups is 1. The lowest BCUT2D eigenvalue weighted by molar-refractivity contribution is -0.138. The second kappa shape index (κ2) is 7.21. The van der Waals surface area contributed by atoms with E-state index in [4.69, 9.17) is 0 Å². The third-order valence-corrected chi connectivity index (χ3v) is 3.01. The van der Waals surface area contributed by atoms with E-state index in [2.05, 4.69) is 25.3 Å². The maximum absolute atomic E-state index is 11.7. The van der Waals surface area contributed by atoms with Gasteiger partial charge in [0.15, 0.2) is 0 Å². The average molecular weight is 317 g/mol. The molecule has 1 heterocycles. The first-order chi connectivity index (χ1) is 11.0. The second-order valence-electron chi connectivity index (χ2n) is 4.55. The summed E-state index contributed by atoms with van der Waals surface area (Å²) < 4.78 is 9.10. The number of nitrogens with one attached hydrogen (secondary N) is 2. The average Bonchev–Trinajstić information content (AvgIpc) is 3.00. The summed E-state index contributed by atoms with van der Waals surface area (Å²) in [6, 6.07) is 6.87. The normalized spacial score (nSPS) is 13.9. The molecular weight excluding hydrogens is 302 g/mol. The van der Waals surface area contributed by atoms with Crippen LogP contribution in [0.2, 0.25) is 0 Å². The Morgan fingerprint density at radius 1 is 1.22 bits per heavy atom. The zero-order valence-corrected chi connectivity index (χ0v) is 12.6. The predicted molar refractivity (Wildman–Crippen MR) is 81.5 cm³/mol. The molecule has 2 N–H and O–H groups in total. The van der Waals surface area contributed by atoms with Crippen LogP contribution in [0.1, 0.15) is 12.0 Å². The number of nitrogens with zero attached hydrogens (tertiary/aromatic N) is 1. The fourth-order valence-electron chi connectivity index (χ4n) is 1.86. The zero-order chi connectivity index (χ0) is 16.8. The Morgan fingerprint density at radius 3 is 2.43 bits per heavy atom. The minimum atomic E-state index is -0.700. The van der Waals surface area contributed by atoms with Crippen molar-refractivity contribution in [1.29, 1.82) is 0 Å². The van der Waals surface area contributed by atoms with Crippen molar-refractivity contribution in [1.82, 2.24) is 5.43 Å². The third-order valence-electron chi connectivity index (χ3n) is 3.01. The number of rotatable bonds is 5. The maximum atomic E-state index is 11.7. The lowest BCUT2D eigenvalue weighted by atomic mass is 10.1. The van der Waals surface area contributed by atoms with Crippen LogP contribution in [-0.4, -0.2) is 37.8 Å². The van der Waals surface area contributed by atoms with E-state index in [9.17, 15) is 14.4 Å². The van der Waals surface area contributed by atoms with Crippen molar-refractivity contribution in [2.24, 2.45) is 5.10 Å². The van der Waals surface area contributed by atoms with E-state index in [1.807, 2.05) is 0 Å². The van der Waals surface area contributed by atoms with Gasteiger partial charge >= 0.3 is 11.9 Å². The molecule has 0 saturated carbocycles. The quantitative estimate of drug-likeness (QED) is 0.607. The molecule has 8 heteroatoms. The smallest absolute Gasteiger partial charge is 0.354 e. The number of amides is 1. The number of carbonyl (C=O) groups is 3. The maximum Gasteiger partial charge on any atom is 0.354 e. The molecule has 8 nitrogen and oxygen atoms in total. The molecule has 1 aliphatic heterocycles. The minimum Gasteiger partial charge on any atom is -0.466 e. The molecule has 0 saturated heterocycles. The van der Waals surface area contributed by atoms with Gasteiger partial charge in [-0.2, -0.15) is 5.10 Å². The molecule has 1 amide bonds. The van der Waals surface area contributed by atoms with Crippen LogP contribution in [0.5, 0.6) is 0 Å². The number of hydrogen-bond donors (Lipinski definition) is 2. The summed E-state index contributed by atoms with van der Waals surface area (Å²) in [5.41, 5.74) is 4.31. The zero-order valence-electron chi connectivity index (χ0n) is 12.6. The Balaban J connectivity index is 2.14. The summed E-state index contributed by atoms with van der Waals surface area (Å²) in [5.74, 6) is -1.54. The number of anilines is 1. The van der Waals surface area contributed by atoms with Crippen molar-refractivity contribution in [3.63, 3.8) is 0 Å². The Bertz CT molecular complexity index is 692. The SMILES string of the molecule is COC(=O)/C=C(/Nc1ccc(C2=NNC(=O)C2)cc1)C(=O)OC. The van der Waals surface area contributed by atoms with Crippen LogP contribution in [0, 0.1) is 0 Å². The standard InChI is InChI=1S/C15H15N3O5/c1-22-14(20)8-12(15(21)23-2)16-10-5-3-9(4-6-10)11-7-13(19)18-17-11/h3-6,8,16H,7H2,1-2H3,(H,18,19)/b12-8+. The molecule has 1 aliphatic rings. The topological polar surface area (TPSA) is 106 Å². The number of esters is 2. The van der Waals surface area contributed by atoms with Gasteiger partial charge < -0.3 is 14.8 Å². The van der Waals surface area contributed by atoms with Crippen molar-refractivity contribution in [2.45, 2.75) is 6.42 Å². The van der Waals surface area contributed by atoms with E-state index in [-0.39, 0.29) is 18.0 Å². The molecule has 0 fully saturated rings. The van der Waals surface area contributed by atoms with E-state index in [0.29, 0.717) is 11.4 Å². The van der Waals surface area contributed by atoms with E-state index < -0.39 is 11.9 Å². The largest absolute Gasteiger partial charge is 0.466 e. The molecule has 23 heavy (non-hydrogen) atoms. The van der Waals surface area contributed by atoms with Crippen LogP contribution in [-0.2, 0) is 23.9 Å². The predicted octanol–water partition coefficient (Wildman–Crippen LogP) is 0.552. The Hall–Kier alpha value is -3.16. The lowest BCUT2D eigenvalue weighted by Crippen LogP contribution is -2.15. The summed E-state index contributed by atoms with van der Waals surface area (Å²) in [4.78, 5) is 34.1. The molecule has 1 aromatic carbocycles. The number of ether oxygens (including phenoxy) is 2. The van der Waals surface area contributed by atoms with Crippen molar-refractivity contribution in [3.8, 4) is 0 Å². The van der Waals surface area contributed by atoms with Crippen LogP contribution in [0.4, 0.5) is 5.69 Å². The van der Waals surface area contributed by atoms with E-state index >= 15 is 0 Å². The van der Waals surface area contributed by atoms with Crippen LogP contribution in [0.15, 0.2) is 41.1 Å². The van der Waals surface area contributed by atoms with E-state index in [1.54, 1.807) is 24.3 Å². The summed E-state index contributed by atoms with van der Waals surface area (Å²) in [7, 11) is 2.42. The van der Waals surface area contributed by atoms with Crippen LogP contribution < -0.4 is 10.7 Å². The molecule has 0 bridgehead atoms. The molecule has 1 aromatic rings. The van der Waals surface area contributed by atoms with Crippen LogP contribution in [0.25, 0.3) is 0 Å². The van der Waals surface area contributed by atoms with Crippen LogP contribution in [0.3, 0.4) is 0 Å². The van der Waals surface area contributed by atoms with Gasteiger partial charge in [-0.25, -0.2) is 15.0 Å². The Kier molecular flexibility index (Phi) is 5.08. The first-order valence-electron chi connectivity index (χ1n) is 6.64. The van der Waals surface area contributed by atoms with Crippen molar-refractivity contribution in [2.75, 3.05) is 19.5 Å². The Morgan fingerprint density at radius 2 is 1.91 bits per heavy atom. The second-order valence-corrected chi connectivity index (χ2v) is 4.55. The summed E-state index contributed by atoms with van der Waals surface area (Å²) in [6.07, 6.45) is 1.23. The summed E-state index contributed by atoms with van der Waals surface area (Å²) in [6.45, 7) is 0. The number of methoxy groups -OCH3 is 2. The number of hydrogen-bond acceptors (Lipinski definition) is 7. The first kappa shape index (κ1) is 16.2. The van der Waals surface area contributed by atoms with Gasteiger partial charge in [-0.15, -0.1) is 0 Å². The molecule has 0 aromatic heterocycles.